The predicted octanol–water partition coefficient (Wildman–Crippen LogP) is 1.98. The van der Waals surface area contributed by atoms with Gasteiger partial charge in [-0.1, -0.05) is 6.07 Å². The quantitative estimate of drug-likeness (QED) is 0.865. The molecule has 0 radical (unpaired) electrons. The fraction of sp³-hybridized carbons (Fsp3) is 0.400. The molecule has 0 heterocycles. The molecule has 0 fully saturated rings. The summed E-state index contributed by atoms with van der Waals surface area (Å²) < 4.78 is 39.7. The lowest BCUT2D eigenvalue weighted by atomic mass is 10.3. The van der Waals surface area contributed by atoms with E-state index in [2.05, 4.69) is 4.74 Å². The van der Waals surface area contributed by atoms with Gasteiger partial charge >= 0.3 is 6.36 Å². The van der Waals surface area contributed by atoms with Crippen molar-refractivity contribution >= 4 is 5.69 Å². The van der Waals surface area contributed by atoms with Crippen LogP contribution in [-0.2, 0) is 0 Å². The summed E-state index contributed by atoms with van der Waals surface area (Å²) in [6.07, 6.45) is -4.66. The van der Waals surface area contributed by atoms with E-state index < -0.39 is 6.36 Å². The molecular weight excluding hydrogens is 221 g/mol. The van der Waals surface area contributed by atoms with Crippen molar-refractivity contribution in [2.24, 2.45) is 5.73 Å². The lowest BCUT2D eigenvalue weighted by Gasteiger charge is -2.19. The Morgan fingerprint density at radius 1 is 1.38 bits per heavy atom. The number of halogens is 3. The Kier molecular flexibility index (Phi) is 4.00. The summed E-state index contributed by atoms with van der Waals surface area (Å²) in [6.45, 7) is 0.996. The van der Waals surface area contributed by atoms with Crippen molar-refractivity contribution in [2.75, 3.05) is 25.0 Å². The Labute approximate surface area is 91.6 Å². The molecule has 2 N–H and O–H groups in total. The largest absolute Gasteiger partial charge is 0.573 e. The van der Waals surface area contributed by atoms with Crippen LogP contribution in [0, 0.1) is 0 Å². The van der Waals surface area contributed by atoms with Gasteiger partial charge in [0.05, 0.1) is 0 Å². The third-order valence-corrected chi connectivity index (χ3v) is 1.96. The number of benzene rings is 1. The van der Waals surface area contributed by atoms with Gasteiger partial charge in [-0.3, -0.25) is 0 Å². The van der Waals surface area contributed by atoms with Crippen molar-refractivity contribution in [1.29, 1.82) is 0 Å². The summed E-state index contributed by atoms with van der Waals surface area (Å²) in [6, 6.07) is 5.78. The molecule has 0 bridgehead atoms. The van der Waals surface area contributed by atoms with Crippen LogP contribution in [-0.4, -0.2) is 26.5 Å². The molecule has 0 aliphatic carbocycles. The van der Waals surface area contributed by atoms with Gasteiger partial charge in [-0.25, -0.2) is 0 Å². The van der Waals surface area contributed by atoms with E-state index in [-0.39, 0.29) is 5.75 Å². The smallest absolute Gasteiger partial charge is 0.406 e. The van der Waals surface area contributed by atoms with Crippen molar-refractivity contribution in [3.63, 3.8) is 0 Å². The Morgan fingerprint density at radius 2 is 2.06 bits per heavy atom. The first-order valence-electron chi connectivity index (χ1n) is 4.69. The number of likely N-dealkylation sites (N-methyl/N-ethyl adjacent to an activating group) is 1. The third-order valence-electron chi connectivity index (χ3n) is 1.96. The summed E-state index contributed by atoms with van der Waals surface area (Å²) >= 11 is 0. The van der Waals surface area contributed by atoms with Gasteiger partial charge in [0.2, 0.25) is 0 Å². The minimum absolute atomic E-state index is 0.228. The van der Waals surface area contributed by atoms with Crippen LogP contribution < -0.4 is 15.4 Å². The molecule has 1 aromatic rings. The summed E-state index contributed by atoms with van der Waals surface area (Å²) in [7, 11) is 1.75. The van der Waals surface area contributed by atoms with E-state index in [4.69, 9.17) is 5.73 Å². The van der Waals surface area contributed by atoms with E-state index in [1.165, 1.54) is 18.2 Å². The van der Waals surface area contributed by atoms with Gasteiger partial charge in [-0.2, -0.15) is 0 Å². The van der Waals surface area contributed by atoms with E-state index in [1.807, 2.05) is 0 Å². The van der Waals surface area contributed by atoms with Crippen LogP contribution in [0.15, 0.2) is 24.3 Å². The van der Waals surface area contributed by atoms with Crippen molar-refractivity contribution in [3.05, 3.63) is 24.3 Å². The van der Waals surface area contributed by atoms with E-state index in [0.717, 1.165) is 0 Å². The normalized spacial score (nSPS) is 11.3. The SMILES string of the molecule is CN(CCN)c1cccc(OC(F)(F)F)c1. The zero-order chi connectivity index (χ0) is 12.2. The number of alkyl halides is 3. The van der Waals surface area contributed by atoms with E-state index in [0.29, 0.717) is 18.8 Å². The highest BCUT2D eigenvalue weighted by Crippen LogP contribution is 2.26. The Morgan fingerprint density at radius 3 is 2.62 bits per heavy atom. The number of hydrogen-bond acceptors (Lipinski definition) is 3. The Bertz CT molecular complexity index is 341. The number of nitrogens with two attached hydrogens (primary N) is 1. The van der Waals surface area contributed by atoms with Gasteiger partial charge in [0.15, 0.2) is 0 Å². The minimum atomic E-state index is -4.66. The molecule has 0 saturated heterocycles. The molecule has 0 spiro atoms. The van der Waals surface area contributed by atoms with E-state index in [9.17, 15) is 13.2 Å². The van der Waals surface area contributed by atoms with Crippen LogP contribution in [0.2, 0.25) is 0 Å². The summed E-state index contributed by atoms with van der Waals surface area (Å²) in [5.74, 6) is -0.228. The molecule has 16 heavy (non-hydrogen) atoms. The number of rotatable bonds is 4. The summed E-state index contributed by atoms with van der Waals surface area (Å²) in [4.78, 5) is 1.75. The topological polar surface area (TPSA) is 38.5 Å². The fourth-order valence-corrected chi connectivity index (χ4v) is 1.24. The first-order valence-corrected chi connectivity index (χ1v) is 4.69. The van der Waals surface area contributed by atoms with Crippen LogP contribution in [0.3, 0.4) is 0 Å². The number of hydrogen-bond donors (Lipinski definition) is 1. The standard InChI is InChI=1S/C10H13F3N2O/c1-15(6-5-14)8-3-2-4-9(7-8)16-10(11,12)13/h2-4,7H,5-6,14H2,1H3. The van der Waals surface area contributed by atoms with Crippen molar-refractivity contribution in [2.45, 2.75) is 6.36 Å². The minimum Gasteiger partial charge on any atom is -0.406 e. The van der Waals surface area contributed by atoms with E-state index in [1.54, 1.807) is 18.0 Å². The molecular formula is C10H13F3N2O. The van der Waals surface area contributed by atoms with Crippen LogP contribution >= 0.6 is 0 Å². The molecule has 0 aromatic heterocycles. The van der Waals surface area contributed by atoms with Crippen LogP contribution in [0.4, 0.5) is 18.9 Å². The maximum absolute atomic E-state index is 12.0. The molecule has 0 unspecified atom stereocenters. The van der Waals surface area contributed by atoms with Gasteiger partial charge in [0.1, 0.15) is 5.75 Å². The highest BCUT2D eigenvalue weighted by atomic mass is 19.4. The molecule has 0 atom stereocenters. The molecule has 1 rings (SSSR count). The fourth-order valence-electron chi connectivity index (χ4n) is 1.24. The summed E-state index contributed by atoms with van der Waals surface area (Å²) in [5, 5.41) is 0. The van der Waals surface area contributed by atoms with Crippen molar-refractivity contribution in [1.82, 2.24) is 0 Å². The van der Waals surface area contributed by atoms with Crippen molar-refractivity contribution < 1.29 is 17.9 Å². The van der Waals surface area contributed by atoms with Crippen LogP contribution in [0.1, 0.15) is 0 Å². The van der Waals surface area contributed by atoms with Gasteiger partial charge in [-0.15, -0.1) is 13.2 Å². The molecule has 90 valence electrons. The second-order valence-corrected chi connectivity index (χ2v) is 3.26. The highest BCUT2D eigenvalue weighted by Gasteiger charge is 2.31. The van der Waals surface area contributed by atoms with Crippen LogP contribution in [0.25, 0.3) is 0 Å². The first kappa shape index (κ1) is 12.6. The molecule has 6 heteroatoms. The Balaban J connectivity index is 2.78. The predicted molar refractivity (Wildman–Crippen MR) is 55.4 cm³/mol. The van der Waals surface area contributed by atoms with E-state index >= 15 is 0 Å². The molecule has 0 aliphatic rings. The molecule has 0 aliphatic heterocycles. The van der Waals surface area contributed by atoms with Crippen molar-refractivity contribution in [3.8, 4) is 5.75 Å². The van der Waals surface area contributed by atoms with Gasteiger partial charge in [0.25, 0.3) is 0 Å². The third kappa shape index (κ3) is 3.98. The monoisotopic (exact) mass is 234 g/mol. The lowest BCUT2D eigenvalue weighted by molar-refractivity contribution is -0.274. The molecule has 0 saturated carbocycles. The summed E-state index contributed by atoms with van der Waals surface area (Å²) in [5.41, 5.74) is 5.99. The number of nitrogens with zero attached hydrogens (tertiary/aromatic N) is 1. The van der Waals surface area contributed by atoms with Gasteiger partial charge < -0.3 is 15.4 Å². The van der Waals surface area contributed by atoms with Gasteiger partial charge in [-0.05, 0) is 12.1 Å². The number of anilines is 1. The molecule has 0 amide bonds. The average molecular weight is 234 g/mol. The average Bonchev–Trinajstić information content (AvgIpc) is 2.16. The zero-order valence-corrected chi connectivity index (χ0v) is 8.79. The highest BCUT2D eigenvalue weighted by molar-refractivity contribution is 5.50. The Hall–Kier alpha value is -1.43. The maximum Gasteiger partial charge on any atom is 0.573 e. The molecule has 3 nitrogen and oxygen atoms in total. The van der Waals surface area contributed by atoms with Crippen LogP contribution in [0.5, 0.6) is 5.75 Å². The zero-order valence-electron chi connectivity index (χ0n) is 8.79. The molecule has 1 aromatic carbocycles. The maximum atomic E-state index is 12.0. The second kappa shape index (κ2) is 5.07. The second-order valence-electron chi connectivity index (χ2n) is 3.26. The van der Waals surface area contributed by atoms with Gasteiger partial charge in [0, 0.05) is 31.9 Å². The lowest BCUT2D eigenvalue weighted by Crippen LogP contribution is -2.25. The number of ether oxygens (including phenoxy) is 1. The first-order chi connectivity index (χ1) is 7.42.